The first-order chi connectivity index (χ1) is 10.8. The van der Waals surface area contributed by atoms with E-state index < -0.39 is 0 Å². The number of thiazole rings is 1. The van der Waals surface area contributed by atoms with Gasteiger partial charge in [-0.3, -0.25) is 0 Å². The predicted octanol–water partition coefficient (Wildman–Crippen LogP) is 5.95. The third-order valence-electron chi connectivity index (χ3n) is 2.76. The highest BCUT2D eigenvalue weighted by Gasteiger charge is 2.11. The first kappa shape index (κ1) is 17.9. The Kier molecular flexibility index (Phi) is 7.94. The number of nitrogens with two attached hydrogens (primary N) is 1. The topological polar surface area (TPSA) is 38.9 Å². The molecule has 22 heavy (non-hydrogen) atoms. The lowest BCUT2D eigenvalue weighted by Crippen LogP contribution is -1.85. The SMILES string of the molecule is CC.CC=C/C(=C\C=C/C)c1nc(-c2ccccc2)c(N)s1. The summed E-state index contributed by atoms with van der Waals surface area (Å²) in [5, 5.41) is 1.69. The normalized spacial score (nSPS) is 11.7. The number of nitrogen functional groups attached to an aromatic ring is 1. The van der Waals surface area contributed by atoms with Crippen molar-refractivity contribution in [3.63, 3.8) is 0 Å². The quantitative estimate of drug-likeness (QED) is 0.708. The minimum Gasteiger partial charge on any atom is -0.389 e. The molecule has 0 fully saturated rings. The van der Waals surface area contributed by atoms with E-state index in [1.165, 1.54) is 11.3 Å². The van der Waals surface area contributed by atoms with Crippen LogP contribution in [0.5, 0.6) is 0 Å². The first-order valence-corrected chi connectivity index (χ1v) is 8.35. The highest BCUT2D eigenvalue weighted by atomic mass is 32.1. The maximum absolute atomic E-state index is 6.12. The van der Waals surface area contributed by atoms with Crippen molar-refractivity contribution < 1.29 is 0 Å². The van der Waals surface area contributed by atoms with Gasteiger partial charge in [0.15, 0.2) is 0 Å². The van der Waals surface area contributed by atoms with E-state index in [-0.39, 0.29) is 0 Å². The van der Waals surface area contributed by atoms with Crippen molar-refractivity contribution in [3.05, 3.63) is 65.7 Å². The summed E-state index contributed by atoms with van der Waals surface area (Å²) in [7, 11) is 0. The summed E-state index contributed by atoms with van der Waals surface area (Å²) in [5.41, 5.74) is 9.11. The van der Waals surface area contributed by atoms with Gasteiger partial charge in [0.2, 0.25) is 0 Å². The fraction of sp³-hybridized carbons (Fsp3) is 0.211. The molecule has 0 aliphatic carbocycles. The second kappa shape index (κ2) is 9.74. The standard InChI is InChI=1S/C17H18N2S.C2H6/c1-3-5-10-14(9-4-2)17-19-15(16(18)20-17)13-11-7-6-8-12-13;1-2/h3-12H,18H2,1-2H3;1-2H3/b5-3-,9-4?,14-10+;. The van der Waals surface area contributed by atoms with Crippen molar-refractivity contribution in [3.8, 4) is 11.3 Å². The molecule has 0 amide bonds. The summed E-state index contributed by atoms with van der Waals surface area (Å²) in [6.45, 7) is 7.99. The van der Waals surface area contributed by atoms with E-state index in [2.05, 4.69) is 0 Å². The Hall–Kier alpha value is -2.13. The average molecular weight is 312 g/mol. The lowest BCUT2D eigenvalue weighted by molar-refractivity contribution is 1.37. The summed E-state index contributed by atoms with van der Waals surface area (Å²) in [6.07, 6.45) is 10.1. The van der Waals surface area contributed by atoms with Crippen LogP contribution in [0.25, 0.3) is 16.8 Å². The van der Waals surface area contributed by atoms with Gasteiger partial charge in [-0.2, -0.15) is 0 Å². The summed E-state index contributed by atoms with van der Waals surface area (Å²) < 4.78 is 0. The van der Waals surface area contributed by atoms with Crippen molar-refractivity contribution >= 4 is 21.9 Å². The second-order valence-corrected chi connectivity index (χ2v) is 5.28. The van der Waals surface area contributed by atoms with Crippen LogP contribution in [0.2, 0.25) is 0 Å². The van der Waals surface area contributed by atoms with Crippen LogP contribution in [-0.2, 0) is 0 Å². The van der Waals surface area contributed by atoms with Gasteiger partial charge in [-0.05, 0) is 13.8 Å². The lowest BCUT2D eigenvalue weighted by atomic mass is 10.1. The summed E-state index contributed by atoms with van der Waals surface area (Å²) in [5.74, 6) is 0. The molecular formula is C19H24N2S. The molecule has 0 spiro atoms. The van der Waals surface area contributed by atoms with Crippen molar-refractivity contribution in [1.29, 1.82) is 0 Å². The molecule has 0 bridgehead atoms. The third-order valence-corrected chi connectivity index (χ3v) is 3.70. The van der Waals surface area contributed by atoms with Gasteiger partial charge in [0.25, 0.3) is 0 Å². The van der Waals surface area contributed by atoms with Crippen LogP contribution >= 0.6 is 11.3 Å². The van der Waals surface area contributed by atoms with Gasteiger partial charge in [0.05, 0.1) is 0 Å². The van der Waals surface area contributed by atoms with E-state index in [0.717, 1.165) is 26.8 Å². The highest BCUT2D eigenvalue weighted by Crippen LogP contribution is 2.34. The number of nitrogens with zero attached hydrogens (tertiary/aromatic N) is 1. The summed E-state index contributed by atoms with van der Waals surface area (Å²) >= 11 is 1.52. The number of anilines is 1. The molecule has 1 heterocycles. The zero-order valence-electron chi connectivity index (χ0n) is 13.7. The molecule has 116 valence electrons. The van der Waals surface area contributed by atoms with Crippen LogP contribution in [-0.4, -0.2) is 4.98 Å². The minimum atomic E-state index is 0.752. The maximum atomic E-state index is 6.12. The van der Waals surface area contributed by atoms with Crippen LogP contribution in [0.1, 0.15) is 32.7 Å². The van der Waals surface area contributed by atoms with Crippen molar-refractivity contribution in [2.75, 3.05) is 5.73 Å². The number of hydrogen-bond donors (Lipinski definition) is 1. The third kappa shape index (κ3) is 4.71. The van der Waals surface area contributed by atoms with Crippen LogP contribution < -0.4 is 5.73 Å². The van der Waals surface area contributed by atoms with E-state index in [4.69, 9.17) is 10.7 Å². The number of aromatic nitrogens is 1. The number of hydrogen-bond acceptors (Lipinski definition) is 3. The van der Waals surface area contributed by atoms with Gasteiger partial charge in [0, 0.05) is 11.1 Å². The Labute approximate surface area is 137 Å². The van der Waals surface area contributed by atoms with Crippen molar-refractivity contribution in [2.45, 2.75) is 27.7 Å². The lowest BCUT2D eigenvalue weighted by Gasteiger charge is -1.97. The zero-order chi connectivity index (χ0) is 16.4. The van der Waals surface area contributed by atoms with Gasteiger partial charge in [-0.1, -0.05) is 85.9 Å². The molecule has 0 radical (unpaired) electrons. The van der Waals surface area contributed by atoms with Gasteiger partial charge in [-0.25, -0.2) is 4.98 Å². The van der Waals surface area contributed by atoms with E-state index in [9.17, 15) is 0 Å². The van der Waals surface area contributed by atoms with Crippen LogP contribution in [0, 0.1) is 0 Å². The molecule has 0 unspecified atom stereocenters. The molecule has 2 aromatic rings. The molecule has 0 saturated heterocycles. The maximum Gasteiger partial charge on any atom is 0.126 e. The highest BCUT2D eigenvalue weighted by molar-refractivity contribution is 7.17. The zero-order valence-corrected chi connectivity index (χ0v) is 14.5. The minimum absolute atomic E-state index is 0.752. The second-order valence-electron chi connectivity index (χ2n) is 4.25. The predicted molar refractivity (Wildman–Crippen MR) is 101 cm³/mol. The summed E-state index contributed by atoms with van der Waals surface area (Å²) in [6, 6.07) is 10.0. The molecule has 3 heteroatoms. The molecule has 0 atom stereocenters. The molecule has 0 aliphatic rings. The summed E-state index contributed by atoms with van der Waals surface area (Å²) in [4.78, 5) is 4.69. The molecule has 2 N–H and O–H groups in total. The van der Waals surface area contributed by atoms with Gasteiger partial charge in [0.1, 0.15) is 15.7 Å². The molecular weight excluding hydrogens is 288 g/mol. The van der Waals surface area contributed by atoms with E-state index >= 15 is 0 Å². The van der Waals surface area contributed by atoms with E-state index in [0.29, 0.717) is 0 Å². The van der Waals surface area contributed by atoms with Crippen LogP contribution in [0.3, 0.4) is 0 Å². The van der Waals surface area contributed by atoms with Crippen LogP contribution in [0.4, 0.5) is 5.00 Å². The Morgan fingerprint density at radius 1 is 1.09 bits per heavy atom. The number of allylic oxidation sites excluding steroid dienone is 6. The fourth-order valence-electron chi connectivity index (χ4n) is 1.84. The Morgan fingerprint density at radius 3 is 2.36 bits per heavy atom. The first-order valence-electron chi connectivity index (χ1n) is 7.54. The van der Waals surface area contributed by atoms with Gasteiger partial charge < -0.3 is 5.73 Å². The molecule has 0 saturated carbocycles. The van der Waals surface area contributed by atoms with Crippen molar-refractivity contribution in [1.82, 2.24) is 4.98 Å². The molecule has 1 aromatic heterocycles. The molecule has 2 nitrogen and oxygen atoms in total. The average Bonchev–Trinajstić information content (AvgIpc) is 2.96. The Morgan fingerprint density at radius 2 is 1.77 bits per heavy atom. The Bertz CT molecular complexity index is 649. The number of benzene rings is 1. The molecule has 1 aromatic carbocycles. The van der Waals surface area contributed by atoms with Gasteiger partial charge >= 0.3 is 0 Å². The van der Waals surface area contributed by atoms with Crippen molar-refractivity contribution in [2.24, 2.45) is 0 Å². The number of rotatable bonds is 4. The fourth-order valence-corrected chi connectivity index (χ4v) is 2.70. The smallest absolute Gasteiger partial charge is 0.126 e. The Balaban J connectivity index is 0.00000116. The monoisotopic (exact) mass is 312 g/mol. The van der Waals surface area contributed by atoms with E-state index in [1.54, 1.807) is 0 Å². The van der Waals surface area contributed by atoms with Crippen LogP contribution in [0.15, 0.2) is 60.7 Å². The molecule has 0 aliphatic heterocycles. The largest absolute Gasteiger partial charge is 0.389 e. The van der Waals surface area contributed by atoms with Gasteiger partial charge in [-0.15, -0.1) is 0 Å². The van der Waals surface area contributed by atoms with E-state index in [1.807, 2.05) is 88.4 Å². The molecule has 2 rings (SSSR count).